The van der Waals surface area contributed by atoms with Crippen LogP contribution in [0, 0.1) is 11.2 Å². The third-order valence-electron chi connectivity index (χ3n) is 7.91. The number of Topliss-reactive ketones (excluding diaryl/α,β-unsaturated/α-hetero) is 1. The molecule has 8 nitrogen and oxygen atoms in total. The van der Waals surface area contributed by atoms with E-state index in [4.69, 9.17) is 4.74 Å². The van der Waals surface area contributed by atoms with Crippen molar-refractivity contribution in [2.75, 3.05) is 20.2 Å². The van der Waals surface area contributed by atoms with Crippen LogP contribution in [-0.2, 0) is 22.6 Å². The molecular weight excluding hydrogens is 588 g/mol. The zero-order valence-electron chi connectivity index (χ0n) is 22.7. The molecule has 4 aromatic rings. The van der Waals surface area contributed by atoms with E-state index in [1.54, 1.807) is 29.1 Å². The molecule has 2 aliphatic rings. The highest BCUT2D eigenvalue weighted by atomic mass is 32.2. The number of nitrogens with zero attached hydrogens (tertiary/aromatic N) is 4. The molecule has 0 amide bonds. The summed E-state index contributed by atoms with van der Waals surface area (Å²) in [6, 6.07) is 12.2. The molecule has 1 fully saturated rings. The number of sulfonamides is 1. The van der Waals surface area contributed by atoms with Crippen LogP contribution in [0.2, 0.25) is 0 Å². The highest BCUT2D eigenvalue weighted by Crippen LogP contribution is 2.47. The zero-order chi connectivity index (χ0) is 30.6. The molecule has 1 atom stereocenters. The summed E-state index contributed by atoms with van der Waals surface area (Å²) in [5.74, 6) is -0.373. The second kappa shape index (κ2) is 10.4. The van der Waals surface area contributed by atoms with Crippen LogP contribution in [0.4, 0.5) is 17.6 Å². The van der Waals surface area contributed by atoms with Crippen LogP contribution in [0.25, 0.3) is 11.8 Å². The third-order valence-corrected chi connectivity index (χ3v) is 9.77. The molecule has 0 saturated carbocycles. The van der Waals surface area contributed by atoms with Gasteiger partial charge in [-0.25, -0.2) is 22.5 Å². The van der Waals surface area contributed by atoms with Crippen molar-refractivity contribution in [3.63, 3.8) is 0 Å². The molecule has 6 rings (SSSR count). The number of hydrogen-bond donors (Lipinski definition) is 0. The summed E-state index contributed by atoms with van der Waals surface area (Å²) in [6.45, 7) is -0.254. The number of carbonyl (C=O) groups is 1. The van der Waals surface area contributed by atoms with E-state index in [2.05, 4.69) is 10.1 Å². The highest BCUT2D eigenvalue weighted by Gasteiger charge is 2.51. The van der Waals surface area contributed by atoms with Gasteiger partial charge in [0, 0.05) is 13.1 Å². The predicted octanol–water partition coefficient (Wildman–Crippen LogP) is 5.34. The van der Waals surface area contributed by atoms with Gasteiger partial charge in [0.15, 0.2) is 5.78 Å². The molecule has 0 spiro atoms. The Labute approximate surface area is 244 Å². The maximum atomic E-state index is 14.3. The Morgan fingerprint density at radius 3 is 2.35 bits per heavy atom. The average Bonchev–Trinajstić information content (AvgIpc) is 3.41. The standard InChI is InChI=1S/C30H24F4N4O4S/c1-42-24-8-11-26(35-17-24)28(39)29-15-19-16-36-38(23-6-4-22(31)5-7-23)27(19)14-21(29)12-13-37(18-29)43(40,41)25-9-2-20(3-10-25)30(32,33)34/h2-11,14,16-17H,12-13,15,18H2,1H3. The third kappa shape index (κ3) is 5.01. The number of pyridine rings is 1. The predicted molar refractivity (Wildman–Crippen MR) is 148 cm³/mol. The molecule has 43 heavy (non-hydrogen) atoms. The zero-order valence-corrected chi connectivity index (χ0v) is 23.5. The summed E-state index contributed by atoms with van der Waals surface area (Å²) in [7, 11) is -2.81. The minimum atomic E-state index is -4.62. The van der Waals surface area contributed by atoms with Gasteiger partial charge in [-0.15, -0.1) is 0 Å². The SMILES string of the molecule is COc1ccc(C(=O)C23Cc4cnn(-c5ccc(F)cc5)c4C=C2CCN(S(=O)(=O)c2ccc(C(F)(F)F)cc2)C3)nc1. The summed E-state index contributed by atoms with van der Waals surface area (Å²) in [6.07, 6.45) is 0.460. The molecular formula is C30H24F4N4O4S. The topological polar surface area (TPSA) is 94.4 Å². The summed E-state index contributed by atoms with van der Waals surface area (Å²) in [5.41, 5.74) is 0.418. The molecule has 222 valence electrons. The smallest absolute Gasteiger partial charge is 0.416 e. The summed E-state index contributed by atoms with van der Waals surface area (Å²) < 4.78 is 88.2. The first-order chi connectivity index (χ1) is 20.4. The number of benzene rings is 2. The largest absolute Gasteiger partial charge is 0.495 e. The molecule has 1 aliphatic heterocycles. The second-order valence-electron chi connectivity index (χ2n) is 10.4. The van der Waals surface area contributed by atoms with Gasteiger partial charge in [0.05, 0.1) is 46.8 Å². The van der Waals surface area contributed by atoms with E-state index in [9.17, 15) is 30.8 Å². The van der Waals surface area contributed by atoms with Gasteiger partial charge in [0.1, 0.15) is 17.3 Å². The molecule has 0 N–H and O–H groups in total. The Morgan fingerprint density at radius 1 is 1.00 bits per heavy atom. The Morgan fingerprint density at radius 2 is 1.72 bits per heavy atom. The van der Waals surface area contributed by atoms with E-state index in [-0.39, 0.29) is 36.5 Å². The lowest BCUT2D eigenvalue weighted by Crippen LogP contribution is -2.53. The number of aromatic nitrogens is 3. The van der Waals surface area contributed by atoms with Crippen molar-refractivity contribution < 1.29 is 35.5 Å². The Hall–Kier alpha value is -4.36. The van der Waals surface area contributed by atoms with E-state index < -0.39 is 38.8 Å². The lowest BCUT2D eigenvalue weighted by atomic mass is 9.65. The number of rotatable bonds is 6. The number of halogens is 4. The van der Waals surface area contributed by atoms with E-state index in [1.807, 2.05) is 6.08 Å². The number of alkyl halides is 3. The monoisotopic (exact) mass is 612 g/mol. The molecule has 2 aromatic carbocycles. The van der Waals surface area contributed by atoms with Crippen LogP contribution in [0.3, 0.4) is 0 Å². The van der Waals surface area contributed by atoms with E-state index in [1.165, 1.54) is 31.5 Å². The van der Waals surface area contributed by atoms with Crippen LogP contribution in [0.15, 0.2) is 83.5 Å². The van der Waals surface area contributed by atoms with E-state index in [0.717, 1.165) is 28.6 Å². The molecule has 0 radical (unpaired) electrons. The van der Waals surface area contributed by atoms with Gasteiger partial charge in [0.25, 0.3) is 0 Å². The van der Waals surface area contributed by atoms with Crippen LogP contribution >= 0.6 is 0 Å². The van der Waals surface area contributed by atoms with Gasteiger partial charge in [-0.3, -0.25) is 4.79 Å². The minimum Gasteiger partial charge on any atom is -0.495 e. The van der Waals surface area contributed by atoms with Gasteiger partial charge in [-0.2, -0.15) is 22.6 Å². The van der Waals surface area contributed by atoms with Crippen LogP contribution < -0.4 is 4.74 Å². The molecule has 3 heterocycles. The van der Waals surface area contributed by atoms with Gasteiger partial charge >= 0.3 is 6.18 Å². The molecule has 1 aliphatic carbocycles. The fraction of sp³-hybridized carbons (Fsp3) is 0.233. The molecule has 2 aromatic heterocycles. The first kappa shape index (κ1) is 28.7. The summed E-state index contributed by atoms with van der Waals surface area (Å²) in [4.78, 5) is 18.3. The lowest BCUT2D eigenvalue weighted by molar-refractivity contribution is -0.137. The Bertz CT molecular complexity index is 1830. The Kier molecular flexibility index (Phi) is 6.97. The minimum absolute atomic E-state index is 0.000277. The lowest BCUT2D eigenvalue weighted by Gasteiger charge is -2.44. The second-order valence-corrected chi connectivity index (χ2v) is 12.3. The van der Waals surface area contributed by atoms with Gasteiger partial charge in [-0.05, 0) is 85.1 Å². The van der Waals surface area contributed by atoms with Gasteiger partial charge in [0.2, 0.25) is 10.0 Å². The van der Waals surface area contributed by atoms with E-state index >= 15 is 0 Å². The molecule has 0 bridgehead atoms. The van der Waals surface area contributed by atoms with Crippen LogP contribution in [0.1, 0.15) is 33.7 Å². The normalized spacial score (nSPS) is 18.9. The van der Waals surface area contributed by atoms with Crippen LogP contribution in [-0.4, -0.2) is 53.5 Å². The summed E-state index contributed by atoms with van der Waals surface area (Å²) >= 11 is 0. The van der Waals surface area contributed by atoms with Crippen molar-refractivity contribution in [2.45, 2.75) is 23.9 Å². The highest BCUT2D eigenvalue weighted by molar-refractivity contribution is 7.89. The van der Waals surface area contributed by atoms with Gasteiger partial charge in [-0.1, -0.05) is 5.57 Å². The van der Waals surface area contributed by atoms with Crippen LogP contribution in [0.5, 0.6) is 5.75 Å². The Balaban J connectivity index is 1.42. The van der Waals surface area contributed by atoms with E-state index in [0.29, 0.717) is 28.3 Å². The maximum absolute atomic E-state index is 14.3. The quantitative estimate of drug-likeness (QED) is 0.216. The molecule has 1 saturated heterocycles. The van der Waals surface area contributed by atoms with Crippen molar-refractivity contribution >= 4 is 21.9 Å². The number of ether oxygens (including phenoxy) is 1. The number of hydrogen-bond acceptors (Lipinski definition) is 6. The number of fused-ring (bicyclic) bond motifs is 2. The van der Waals surface area contributed by atoms with Gasteiger partial charge < -0.3 is 4.74 Å². The number of ketones is 1. The fourth-order valence-corrected chi connectivity index (χ4v) is 7.15. The fourth-order valence-electron chi connectivity index (χ4n) is 5.65. The van der Waals surface area contributed by atoms with Crippen molar-refractivity contribution in [1.82, 2.24) is 19.1 Å². The maximum Gasteiger partial charge on any atom is 0.416 e. The van der Waals surface area contributed by atoms with Crippen molar-refractivity contribution in [3.8, 4) is 11.4 Å². The number of methoxy groups -OCH3 is 1. The van der Waals surface area contributed by atoms with Crippen molar-refractivity contribution in [2.24, 2.45) is 5.41 Å². The summed E-state index contributed by atoms with van der Waals surface area (Å²) in [5, 5.41) is 4.47. The number of piperidine rings is 1. The number of carbonyl (C=O) groups excluding carboxylic acids is 1. The molecule has 13 heteroatoms. The van der Waals surface area contributed by atoms with Crippen molar-refractivity contribution in [3.05, 3.63) is 107 Å². The first-order valence-electron chi connectivity index (χ1n) is 13.2. The van der Waals surface area contributed by atoms with Crippen molar-refractivity contribution in [1.29, 1.82) is 0 Å². The first-order valence-corrected chi connectivity index (χ1v) is 14.6. The average molecular weight is 613 g/mol. The molecule has 1 unspecified atom stereocenters.